The van der Waals surface area contributed by atoms with E-state index in [4.69, 9.17) is 21.3 Å². The maximum atomic E-state index is 6.85. The molecule has 1 aromatic heterocycles. The minimum atomic E-state index is -0.0408. The summed E-state index contributed by atoms with van der Waals surface area (Å²) in [4.78, 5) is 4.83. The van der Waals surface area contributed by atoms with Gasteiger partial charge in [0.2, 0.25) is 0 Å². The van der Waals surface area contributed by atoms with Gasteiger partial charge in [-0.1, -0.05) is 23.2 Å². The fourth-order valence-electron chi connectivity index (χ4n) is 4.61. The third-order valence-corrected chi connectivity index (χ3v) is 6.55. The largest absolute Gasteiger partial charge is 0.494 e. The van der Waals surface area contributed by atoms with E-state index in [2.05, 4.69) is 27.0 Å². The minimum absolute atomic E-state index is 0.0408. The van der Waals surface area contributed by atoms with E-state index in [1.807, 2.05) is 13.2 Å². The Labute approximate surface area is 163 Å². The van der Waals surface area contributed by atoms with Gasteiger partial charge in [0.05, 0.1) is 35.5 Å². The molecule has 0 amide bonds. The van der Waals surface area contributed by atoms with Crippen LogP contribution in [0.4, 0.5) is 5.69 Å². The van der Waals surface area contributed by atoms with Crippen LogP contribution < -0.4 is 15.4 Å². The number of rotatable bonds is 3. The first-order valence-corrected chi connectivity index (χ1v) is 9.89. The normalized spacial score (nSPS) is 22.5. The highest BCUT2D eigenvalue weighted by molar-refractivity contribution is 6.36. The van der Waals surface area contributed by atoms with Gasteiger partial charge in [-0.15, -0.1) is 5.10 Å². The number of fused-ring (bicyclic) bond motifs is 2. The van der Waals surface area contributed by atoms with Crippen LogP contribution in [0, 0.1) is 0 Å². The highest BCUT2D eigenvalue weighted by atomic mass is 35.5. The topological polar surface area (TPSA) is 76.4 Å². The number of amidine groups is 1. The number of halogens is 1. The molecule has 7 nitrogen and oxygen atoms in total. The summed E-state index contributed by atoms with van der Waals surface area (Å²) < 4.78 is 7.43. The Morgan fingerprint density at radius 2 is 2.22 bits per heavy atom. The second kappa shape index (κ2) is 6.21. The summed E-state index contributed by atoms with van der Waals surface area (Å²) in [7, 11) is 3.59. The van der Waals surface area contributed by atoms with E-state index in [0.717, 1.165) is 55.0 Å². The summed E-state index contributed by atoms with van der Waals surface area (Å²) in [5.41, 5.74) is 3.57. The minimum Gasteiger partial charge on any atom is -0.494 e. The van der Waals surface area contributed by atoms with Gasteiger partial charge >= 0.3 is 0 Å². The second-order valence-corrected chi connectivity index (χ2v) is 7.90. The first kappa shape index (κ1) is 17.0. The molecule has 1 saturated carbocycles. The summed E-state index contributed by atoms with van der Waals surface area (Å²) in [5, 5.41) is 16.0. The number of nitrogens with zero attached hydrogens (tertiary/aromatic N) is 4. The number of likely N-dealkylation sites (N-methyl/N-ethyl adjacent to an activating group) is 1. The van der Waals surface area contributed by atoms with Crippen LogP contribution in [0.3, 0.4) is 0 Å². The Kier molecular flexibility index (Phi) is 3.91. The van der Waals surface area contributed by atoms with Crippen molar-refractivity contribution in [3.05, 3.63) is 28.5 Å². The van der Waals surface area contributed by atoms with Crippen LogP contribution in [0.2, 0.25) is 5.02 Å². The van der Waals surface area contributed by atoms with Crippen molar-refractivity contribution < 1.29 is 4.74 Å². The van der Waals surface area contributed by atoms with Gasteiger partial charge < -0.3 is 15.4 Å². The number of benzene rings is 1. The number of aliphatic imine (C=N–C) groups is 1. The summed E-state index contributed by atoms with van der Waals surface area (Å²) >= 11 is 6.85. The standard InChI is InChI=1S/C19H23ClN6O/c1-21-18-19(6-4-7-19)11-9-14(27-2)17(15(20)16(11)23-18)26-10-13(24-25-26)12-5-3-8-22-12/h9-10,12,22H,3-8H2,1-2H3,(H,21,23). The Hall–Kier alpha value is -2.12. The second-order valence-electron chi connectivity index (χ2n) is 7.52. The predicted molar refractivity (Wildman–Crippen MR) is 105 cm³/mol. The lowest BCUT2D eigenvalue weighted by molar-refractivity contribution is 0.338. The van der Waals surface area contributed by atoms with Crippen LogP contribution >= 0.6 is 11.6 Å². The fraction of sp³-hybridized carbons (Fsp3) is 0.526. The highest BCUT2D eigenvalue weighted by Crippen LogP contribution is 2.56. The molecular weight excluding hydrogens is 364 g/mol. The molecule has 2 aromatic rings. The van der Waals surface area contributed by atoms with E-state index in [0.29, 0.717) is 16.5 Å². The SMILES string of the molecule is CNC1=Nc2c(cc(OC)c(-n3cc(C4CCCN4)nn3)c2Cl)C12CCC2. The van der Waals surface area contributed by atoms with Crippen molar-refractivity contribution >= 4 is 23.1 Å². The Balaban J connectivity index is 1.63. The maximum Gasteiger partial charge on any atom is 0.146 e. The molecule has 1 atom stereocenters. The molecule has 5 rings (SSSR count). The van der Waals surface area contributed by atoms with Gasteiger partial charge in [0.15, 0.2) is 0 Å². The summed E-state index contributed by atoms with van der Waals surface area (Å²) in [6.45, 7) is 1.02. The molecule has 1 aromatic carbocycles. The van der Waals surface area contributed by atoms with Crippen LogP contribution in [0.5, 0.6) is 5.75 Å². The molecule has 1 saturated heterocycles. The fourth-order valence-corrected chi connectivity index (χ4v) is 4.93. The average Bonchev–Trinajstić information content (AvgIpc) is 3.37. The molecule has 2 aliphatic heterocycles. The molecule has 2 fully saturated rings. The van der Waals surface area contributed by atoms with Crippen LogP contribution in [0.1, 0.15) is 49.4 Å². The first-order chi connectivity index (χ1) is 13.2. The smallest absolute Gasteiger partial charge is 0.146 e. The molecule has 3 aliphatic rings. The van der Waals surface area contributed by atoms with Crippen molar-refractivity contribution in [2.45, 2.75) is 43.6 Å². The van der Waals surface area contributed by atoms with Crippen molar-refractivity contribution in [2.75, 3.05) is 20.7 Å². The number of aromatic nitrogens is 3. The molecule has 1 unspecified atom stereocenters. The van der Waals surface area contributed by atoms with Crippen LogP contribution in [0.25, 0.3) is 5.69 Å². The summed E-state index contributed by atoms with van der Waals surface area (Å²) in [6.07, 6.45) is 7.54. The molecule has 0 radical (unpaired) electrons. The molecular formula is C19H23ClN6O. The maximum absolute atomic E-state index is 6.85. The van der Waals surface area contributed by atoms with Crippen LogP contribution in [-0.4, -0.2) is 41.5 Å². The zero-order valence-corrected chi connectivity index (χ0v) is 16.3. The summed E-state index contributed by atoms with van der Waals surface area (Å²) in [5.74, 6) is 1.70. The zero-order valence-electron chi connectivity index (χ0n) is 15.5. The number of hydrogen-bond acceptors (Lipinski definition) is 6. The van der Waals surface area contributed by atoms with E-state index in [9.17, 15) is 0 Å². The van der Waals surface area contributed by atoms with Crippen molar-refractivity contribution in [3.63, 3.8) is 0 Å². The van der Waals surface area contributed by atoms with Crippen molar-refractivity contribution in [2.24, 2.45) is 4.99 Å². The highest BCUT2D eigenvalue weighted by Gasteiger charge is 2.49. The molecule has 2 N–H and O–H groups in total. The lowest BCUT2D eigenvalue weighted by Gasteiger charge is -2.40. The number of hydrogen-bond donors (Lipinski definition) is 2. The van der Waals surface area contributed by atoms with Crippen LogP contribution in [0.15, 0.2) is 17.3 Å². The van der Waals surface area contributed by atoms with Crippen molar-refractivity contribution in [1.29, 1.82) is 0 Å². The molecule has 27 heavy (non-hydrogen) atoms. The van der Waals surface area contributed by atoms with E-state index in [1.54, 1.807) is 11.8 Å². The van der Waals surface area contributed by atoms with Crippen molar-refractivity contribution in [1.82, 2.24) is 25.6 Å². The van der Waals surface area contributed by atoms with Gasteiger partial charge in [-0.05, 0) is 43.9 Å². The quantitative estimate of drug-likeness (QED) is 0.847. The lowest BCUT2D eigenvalue weighted by Crippen LogP contribution is -2.45. The van der Waals surface area contributed by atoms with Gasteiger partial charge in [-0.25, -0.2) is 9.67 Å². The number of ether oxygens (including phenoxy) is 1. The molecule has 142 valence electrons. The molecule has 8 heteroatoms. The monoisotopic (exact) mass is 386 g/mol. The third kappa shape index (κ3) is 2.34. The number of nitrogens with one attached hydrogen (secondary N) is 2. The van der Waals surface area contributed by atoms with E-state index < -0.39 is 0 Å². The molecule has 3 heterocycles. The van der Waals surface area contributed by atoms with Gasteiger partial charge in [-0.2, -0.15) is 0 Å². The van der Waals surface area contributed by atoms with E-state index in [1.165, 1.54) is 6.42 Å². The van der Waals surface area contributed by atoms with Gasteiger partial charge in [0.25, 0.3) is 0 Å². The Morgan fingerprint density at radius 3 is 2.85 bits per heavy atom. The van der Waals surface area contributed by atoms with E-state index >= 15 is 0 Å². The molecule has 1 aliphatic carbocycles. The van der Waals surface area contributed by atoms with Crippen LogP contribution in [-0.2, 0) is 5.41 Å². The Bertz CT molecular complexity index is 927. The van der Waals surface area contributed by atoms with Gasteiger partial charge in [-0.3, -0.25) is 0 Å². The van der Waals surface area contributed by atoms with E-state index in [-0.39, 0.29) is 11.5 Å². The number of methoxy groups -OCH3 is 1. The van der Waals surface area contributed by atoms with Gasteiger partial charge in [0, 0.05) is 7.05 Å². The first-order valence-electron chi connectivity index (χ1n) is 9.52. The Morgan fingerprint density at radius 1 is 1.37 bits per heavy atom. The lowest BCUT2D eigenvalue weighted by atomic mass is 9.64. The average molecular weight is 387 g/mol. The molecule has 1 spiro atoms. The molecule has 0 bridgehead atoms. The van der Waals surface area contributed by atoms with Crippen molar-refractivity contribution in [3.8, 4) is 11.4 Å². The predicted octanol–water partition coefficient (Wildman–Crippen LogP) is 3.04. The summed E-state index contributed by atoms with van der Waals surface area (Å²) in [6, 6.07) is 2.34. The third-order valence-electron chi connectivity index (χ3n) is 6.19. The zero-order chi connectivity index (χ0) is 18.6. The van der Waals surface area contributed by atoms with Gasteiger partial charge in [0.1, 0.15) is 23.0 Å².